The number of hydrogen-bond donors (Lipinski definition) is 1. The summed E-state index contributed by atoms with van der Waals surface area (Å²) in [6.45, 7) is 1.07. The molecule has 0 aromatic heterocycles. The van der Waals surface area contributed by atoms with Gasteiger partial charge >= 0.3 is 0 Å². The molecular formula is C14H21NO. The number of hydrogen-bond acceptors (Lipinski definition) is 2. The van der Waals surface area contributed by atoms with Gasteiger partial charge in [-0.1, -0.05) is 24.6 Å². The van der Waals surface area contributed by atoms with E-state index in [-0.39, 0.29) is 0 Å². The average molecular weight is 219 g/mol. The predicted molar refractivity (Wildman–Crippen MR) is 66.7 cm³/mol. The van der Waals surface area contributed by atoms with Crippen LogP contribution in [0.25, 0.3) is 0 Å². The maximum atomic E-state index is 6.08. The highest BCUT2D eigenvalue weighted by Gasteiger charge is 2.25. The number of ether oxygens (including phenoxy) is 1. The van der Waals surface area contributed by atoms with E-state index in [0.717, 1.165) is 12.3 Å². The van der Waals surface area contributed by atoms with Gasteiger partial charge in [-0.25, -0.2) is 0 Å². The van der Waals surface area contributed by atoms with Crippen LogP contribution in [0.5, 0.6) is 5.75 Å². The summed E-state index contributed by atoms with van der Waals surface area (Å²) in [7, 11) is 2.02. The molecule has 1 N–H and O–H groups in total. The van der Waals surface area contributed by atoms with Gasteiger partial charge in [0, 0.05) is 12.5 Å². The minimum absolute atomic E-state index is 0.392. The van der Waals surface area contributed by atoms with E-state index >= 15 is 0 Å². The molecule has 2 heteroatoms. The van der Waals surface area contributed by atoms with Gasteiger partial charge in [0.1, 0.15) is 11.9 Å². The fraction of sp³-hybridized carbons (Fsp3) is 0.571. The van der Waals surface area contributed by atoms with Gasteiger partial charge in [-0.2, -0.15) is 0 Å². The Labute approximate surface area is 98.0 Å². The molecule has 2 unspecified atom stereocenters. The van der Waals surface area contributed by atoms with Gasteiger partial charge in [0.05, 0.1) is 0 Å². The SMILES string of the molecule is CNCC1CCCCC1Oc1ccccc1. The summed E-state index contributed by atoms with van der Waals surface area (Å²) in [5, 5.41) is 3.27. The Balaban J connectivity index is 1.96. The molecule has 2 rings (SSSR count). The van der Waals surface area contributed by atoms with Gasteiger partial charge in [-0.15, -0.1) is 0 Å². The van der Waals surface area contributed by atoms with Crippen LogP contribution in [0, 0.1) is 5.92 Å². The molecule has 0 amide bonds. The highest BCUT2D eigenvalue weighted by atomic mass is 16.5. The van der Waals surface area contributed by atoms with Crippen molar-refractivity contribution in [1.29, 1.82) is 0 Å². The second kappa shape index (κ2) is 5.90. The van der Waals surface area contributed by atoms with Crippen LogP contribution in [-0.4, -0.2) is 19.7 Å². The zero-order valence-electron chi connectivity index (χ0n) is 9.99. The Morgan fingerprint density at radius 3 is 2.69 bits per heavy atom. The monoisotopic (exact) mass is 219 g/mol. The van der Waals surface area contributed by atoms with Crippen LogP contribution in [-0.2, 0) is 0 Å². The predicted octanol–water partition coefficient (Wildman–Crippen LogP) is 2.84. The van der Waals surface area contributed by atoms with E-state index in [1.165, 1.54) is 25.7 Å². The molecule has 88 valence electrons. The molecule has 0 heterocycles. The van der Waals surface area contributed by atoms with E-state index in [1.807, 2.05) is 37.4 Å². The van der Waals surface area contributed by atoms with Crippen LogP contribution in [0.4, 0.5) is 0 Å². The molecule has 1 aromatic rings. The fourth-order valence-corrected chi connectivity index (χ4v) is 2.50. The standard InChI is InChI=1S/C14H21NO/c1-15-11-12-7-5-6-10-14(12)16-13-8-3-2-4-9-13/h2-4,8-9,12,14-15H,5-7,10-11H2,1H3. The van der Waals surface area contributed by atoms with Gasteiger partial charge in [0.15, 0.2) is 0 Å². The summed E-state index contributed by atoms with van der Waals surface area (Å²) in [5.41, 5.74) is 0. The molecule has 0 bridgehead atoms. The second-order valence-electron chi connectivity index (χ2n) is 4.57. The summed E-state index contributed by atoms with van der Waals surface area (Å²) in [6.07, 6.45) is 5.53. The molecule has 1 aromatic carbocycles. The molecule has 2 atom stereocenters. The Hall–Kier alpha value is -1.02. The molecule has 1 fully saturated rings. The zero-order chi connectivity index (χ0) is 11.2. The highest BCUT2D eigenvalue weighted by molar-refractivity contribution is 5.21. The molecule has 1 saturated carbocycles. The fourth-order valence-electron chi connectivity index (χ4n) is 2.50. The lowest BCUT2D eigenvalue weighted by Crippen LogP contribution is -2.36. The van der Waals surface area contributed by atoms with Crippen molar-refractivity contribution in [2.24, 2.45) is 5.92 Å². The Morgan fingerprint density at radius 1 is 1.19 bits per heavy atom. The van der Waals surface area contributed by atoms with E-state index in [9.17, 15) is 0 Å². The first kappa shape index (κ1) is 11.5. The van der Waals surface area contributed by atoms with Gasteiger partial charge in [-0.05, 0) is 38.4 Å². The Kier molecular flexibility index (Phi) is 4.23. The lowest BCUT2D eigenvalue weighted by molar-refractivity contribution is 0.0931. The van der Waals surface area contributed by atoms with Crippen LogP contribution >= 0.6 is 0 Å². The van der Waals surface area contributed by atoms with Crippen molar-refractivity contribution >= 4 is 0 Å². The van der Waals surface area contributed by atoms with Crippen molar-refractivity contribution < 1.29 is 4.74 Å². The average Bonchev–Trinajstić information content (AvgIpc) is 2.33. The van der Waals surface area contributed by atoms with Crippen molar-refractivity contribution in [1.82, 2.24) is 5.32 Å². The second-order valence-corrected chi connectivity index (χ2v) is 4.57. The van der Waals surface area contributed by atoms with Crippen LogP contribution in [0.1, 0.15) is 25.7 Å². The molecule has 2 nitrogen and oxygen atoms in total. The molecule has 1 aliphatic rings. The van der Waals surface area contributed by atoms with Crippen LogP contribution in [0.2, 0.25) is 0 Å². The molecule has 0 spiro atoms. The first-order chi connectivity index (χ1) is 7.90. The lowest BCUT2D eigenvalue weighted by Gasteiger charge is -2.31. The van der Waals surface area contributed by atoms with E-state index in [4.69, 9.17) is 4.74 Å². The quantitative estimate of drug-likeness (QED) is 0.840. The number of benzene rings is 1. The lowest BCUT2D eigenvalue weighted by atomic mass is 9.86. The van der Waals surface area contributed by atoms with E-state index in [0.29, 0.717) is 12.0 Å². The van der Waals surface area contributed by atoms with Crippen molar-refractivity contribution in [3.63, 3.8) is 0 Å². The maximum absolute atomic E-state index is 6.08. The van der Waals surface area contributed by atoms with Gasteiger partial charge in [0.2, 0.25) is 0 Å². The summed E-state index contributed by atoms with van der Waals surface area (Å²) < 4.78 is 6.08. The normalized spacial score (nSPS) is 25.3. The number of rotatable bonds is 4. The minimum Gasteiger partial charge on any atom is -0.490 e. The first-order valence-corrected chi connectivity index (χ1v) is 6.26. The van der Waals surface area contributed by atoms with E-state index < -0.39 is 0 Å². The third-order valence-corrected chi connectivity index (χ3v) is 3.34. The Bertz CT molecular complexity index is 297. The molecule has 0 aliphatic heterocycles. The molecule has 0 radical (unpaired) electrons. The molecule has 1 aliphatic carbocycles. The highest BCUT2D eigenvalue weighted by Crippen LogP contribution is 2.27. The topological polar surface area (TPSA) is 21.3 Å². The van der Waals surface area contributed by atoms with E-state index in [1.54, 1.807) is 0 Å². The third-order valence-electron chi connectivity index (χ3n) is 3.34. The largest absolute Gasteiger partial charge is 0.490 e. The third kappa shape index (κ3) is 2.99. The Morgan fingerprint density at radius 2 is 1.94 bits per heavy atom. The number of nitrogens with one attached hydrogen (secondary N) is 1. The smallest absolute Gasteiger partial charge is 0.119 e. The molecular weight excluding hydrogens is 198 g/mol. The summed E-state index contributed by atoms with van der Waals surface area (Å²) in [6, 6.07) is 10.2. The summed E-state index contributed by atoms with van der Waals surface area (Å²) >= 11 is 0. The first-order valence-electron chi connectivity index (χ1n) is 6.26. The minimum atomic E-state index is 0.392. The van der Waals surface area contributed by atoms with Crippen LogP contribution in [0.3, 0.4) is 0 Å². The van der Waals surface area contributed by atoms with Crippen LogP contribution in [0.15, 0.2) is 30.3 Å². The van der Waals surface area contributed by atoms with Crippen molar-refractivity contribution in [2.45, 2.75) is 31.8 Å². The van der Waals surface area contributed by atoms with Crippen molar-refractivity contribution in [3.05, 3.63) is 30.3 Å². The molecule has 0 saturated heterocycles. The van der Waals surface area contributed by atoms with Gasteiger partial charge < -0.3 is 10.1 Å². The molecule has 16 heavy (non-hydrogen) atoms. The van der Waals surface area contributed by atoms with Crippen molar-refractivity contribution in [3.8, 4) is 5.75 Å². The van der Waals surface area contributed by atoms with Gasteiger partial charge in [0.25, 0.3) is 0 Å². The maximum Gasteiger partial charge on any atom is 0.119 e. The van der Waals surface area contributed by atoms with Crippen molar-refractivity contribution in [2.75, 3.05) is 13.6 Å². The van der Waals surface area contributed by atoms with Gasteiger partial charge in [-0.3, -0.25) is 0 Å². The van der Waals surface area contributed by atoms with E-state index in [2.05, 4.69) is 5.32 Å². The zero-order valence-corrected chi connectivity index (χ0v) is 9.99. The van der Waals surface area contributed by atoms with Crippen LogP contribution < -0.4 is 10.1 Å². The summed E-state index contributed by atoms with van der Waals surface area (Å²) in [5.74, 6) is 1.68. The summed E-state index contributed by atoms with van der Waals surface area (Å²) in [4.78, 5) is 0. The number of para-hydroxylation sites is 1.